The van der Waals surface area contributed by atoms with E-state index >= 15 is 0 Å². The van der Waals surface area contributed by atoms with Crippen LogP contribution in [0.25, 0.3) is 0 Å². The Morgan fingerprint density at radius 1 is 1.15 bits per heavy atom. The third-order valence-corrected chi connectivity index (χ3v) is 5.79. The Morgan fingerprint density at radius 3 is 2.78 bits per heavy atom. The normalized spacial score (nSPS) is 20.9. The SMILES string of the molecule is Cc1ccc(C(=O)N2Cc3ccnn3C[C@@H](CCN3CCCCC3)C2)nc1. The fraction of sp³-hybridized carbons (Fsp3) is 0.571. The fourth-order valence-electron chi connectivity index (χ4n) is 4.17. The van der Waals surface area contributed by atoms with E-state index in [1.165, 1.54) is 32.4 Å². The van der Waals surface area contributed by atoms with E-state index in [4.69, 9.17) is 0 Å². The number of carbonyl (C=O) groups excluding carboxylic acids is 1. The van der Waals surface area contributed by atoms with Gasteiger partial charge in [0.15, 0.2) is 0 Å². The minimum atomic E-state index is 0.0209. The van der Waals surface area contributed by atoms with Gasteiger partial charge in [-0.2, -0.15) is 5.10 Å². The maximum atomic E-state index is 13.1. The van der Waals surface area contributed by atoms with Gasteiger partial charge in [-0.1, -0.05) is 12.5 Å². The molecule has 6 nitrogen and oxygen atoms in total. The molecule has 2 aromatic heterocycles. The minimum Gasteiger partial charge on any atom is -0.331 e. The average Bonchev–Trinajstić information content (AvgIpc) is 3.05. The van der Waals surface area contributed by atoms with Gasteiger partial charge in [-0.25, -0.2) is 0 Å². The molecule has 1 fully saturated rings. The third kappa shape index (κ3) is 4.38. The van der Waals surface area contributed by atoms with Gasteiger partial charge in [-0.15, -0.1) is 0 Å². The number of hydrogen-bond acceptors (Lipinski definition) is 4. The van der Waals surface area contributed by atoms with Crippen LogP contribution in [0.1, 0.15) is 47.4 Å². The highest BCUT2D eigenvalue weighted by atomic mass is 16.2. The van der Waals surface area contributed by atoms with E-state index in [9.17, 15) is 4.79 Å². The lowest BCUT2D eigenvalue weighted by Gasteiger charge is -2.29. The van der Waals surface area contributed by atoms with E-state index in [-0.39, 0.29) is 5.91 Å². The van der Waals surface area contributed by atoms with Crippen LogP contribution in [-0.4, -0.2) is 56.7 Å². The Hall–Kier alpha value is -2.21. The number of likely N-dealkylation sites (tertiary alicyclic amines) is 1. The molecule has 0 radical (unpaired) electrons. The summed E-state index contributed by atoms with van der Waals surface area (Å²) in [6.07, 6.45) is 8.71. The van der Waals surface area contributed by atoms with E-state index in [1.54, 1.807) is 6.20 Å². The zero-order valence-electron chi connectivity index (χ0n) is 16.2. The zero-order valence-corrected chi connectivity index (χ0v) is 16.2. The number of amides is 1. The molecule has 0 saturated carbocycles. The van der Waals surface area contributed by atoms with Crippen LogP contribution in [0.5, 0.6) is 0 Å². The smallest absolute Gasteiger partial charge is 0.272 e. The molecule has 0 spiro atoms. The molecule has 0 aromatic carbocycles. The highest BCUT2D eigenvalue weighted by molar-refractivity contribution is 5.92. The number of aromatic nitrogens is 3. The lowest BCUT2D eigenvalue weighted by molar-refractivity contribution is 0.0707. The van der Waals surface area contributed by atoms with Crippen LogP contribution in [0.3, 0.4) is 0 Å². The molecule has 2 aromatic rings. The topological polar surface area (TPSA) is 54.3 Å². The summed E-state index contributed by atoms with van der Waals surface area (Å²) < 4.78 is 2.08. The lowest BCUT2D eigenvalue weighted by Crippen LogP contribution is -2.37. The summed E-state index contributed by atoms with van der Waals surface area (Å²) in [6, 6.07) is 5.81. The molecular weight excluding hydrogens is 338 g/mol. The van der Waals surface area contributed by atoms with Gasteiger partial charge >= 0.3 is 0 Å². The molecule has 0 N–H and O–H groups in total. The molecule has 1 amide bonds. The quantitative estimate of drug-likeness (QED) is 0.834. The summed E-state index contributed by atoms with van der Waals surface area (Å²) in [5, 5.41) is 4.49. The van der Waals surface area contributed by atoms with Gasteiger partial charge in [-0.3, -0.25) is 14.5 Å². The van der Waals surface area contributed by atoms with Gasteiger partial charge in [0.25, 0.3) is 5.91 Å². The number of nitrogens with zero attached hydrogens (tertiary/aromatic N) is 5. The van der Waals surface area contributed by atoms with Crippen LogP contribution < -0.4 is 0 Å². The van der Waals surface area contributed by atoms with Gasteiger partial charge in [0.1, 0.15) is 5.69 Å². The number of aryl methyl sites for hydroxylation is 1. The fourth-order valence-corrected chi connectivity index (χ4v) is 4.17. The molecule has 2 aliphatic rings. The van der Waals surface area contributed by atoms with Crippen LogP contribution in [0.4, 0.5) is 0 Å². The number of carbonyl (C=O) groups is 1. The van der Waals surface area contributed by atoms with Crippen LogP contribution in [-0.2, 0) is 13.1 Å². The number of hydrogen-bond donors (Lipinski definition) is 0. The van der Waals surface area contributed by atoms with Crippen LogP contribution in [0.2, 0.25) is 0 Å². The van der Waals surface area contributed by atoms with E-state index in [1.807, 2.05) is 36.2 Å². The second kappa shape index (κ2) is 8.21. The van der Waals surface area contributed by atoms with Crippen LogP contribution in [0, 0.1) is 12.8 Å². The van der Waals surface area contributed by atoms with E-state index in [0.29, 0.717) is 18.2 Å². The summed E-state index contributed by atoms with van der Waals surface area (Å²) in [6.45, 7) is 7.81. The summed E-state index contributed by atoms with van der Waals surface area (Å²) in [5.74, 6) is 0.440. The molecule has 6 heteroatoms. The largest absolute Gasteiger partial charge is 0.331 e. The molecule has 0 bridgehead atoms. The first-order chi connectivity index (χ1) is 13.2. The van der Waals surface area contributed by atoms with Crippen molar-refractivity contribution in [1.82, 2.24) is 24.6 Å². The molecule has 144 valence electrons. The molecule has 0 aliphatic carbocycles. The van der Waals surface area contributed by atoms with Crippen molar-refractivity contribution in [2.24, 2.45) is 5.92 Å². The second-order valence-electron chi connectivity index (χ2n) is 7.97. The summed E-state index contributed by atoms with van der Waals surface area (Å²) in [7, 11) is 0. The first-order valence-corrected chi connectivity index (χ1v) is 10.1. The Bertz CT molecular complexity index is 763. The summed E-state index contributed by atoms with van der Waals surface area (Å²) in [4.78, 5) is 22.0. The molecule has 1 saturated heterocycles. The Kier molecular flexibility index (Phi) is 5.53. The maximum absolute atomic E-state index is 13.1. The average molecular weight is 367 g/mol. The Labute approximate surface area is 161 Å². The lowest BCUT2D eigenvalue weighted by atomic mass is 10.0. The minimum absolute atomic E-state index is 0.0209. The highest BCUT2D eigenvalue weighted by Gasteiger charge is 2.27. The van der Waals surface area contributed by atoms with Gasteiger partial charge in [-0.05, 0) is 69.4 Å². The summed E-state index contributed by atoms with van der Waals surface area (Å²) >= 11 is 0. The van der Waals surface area contributed by atoms with E-state index in [2.05, 4.69) is 19.7 Å². The zero-order chi connectivity index (χ0) is 18.6. The van der Waals surface area contributed by atoms with Gasteiger partial charge < -0.3 is 9.80 Å². The Morgan fingerprint density at radius 2 is 2.00 bits per heavy atom. The van der Waals surface area contributed by atoms with Crippen molar-refractivity contribution < 1.29 is 4.79 Å². The van der Waals surface area contributed by atoms with Crippen molar-refractivity contribution in [2.45, 2.75) is 45.7 Å². The standard InChI is InChI=1S/C21H29N5O/c1-17-5-6-20(22-13-17)21(27)25-14-18(8-12-24-10-3-2-4-11-24)15-26-19(16-25)7-9-23-26/h5-7,9,13,18H,2-4,8,10-12,14-16H2,1H3/t18-/m0/s1. The van der Waals surface area contributed by atoms with Crippen molar-refractivity contribution in [1.29, 1.82) is 0 Å². The molecular formula is C21H29N5O. The van der Waals surface area contributed by atoms with Crippen molar-refractivity contribution in [3.63, 3.8) is 0 Å². The monoisotopic (exact) mass is 367 g/mol. The van der Waals surface area contributed by atoms with Crippen molar-refractivity contribution in [3.8, 4) is 0 Å². The predicted molar refractivity (Wildman–Crippen MR) is 104 cm³/mol. The summed E-state index contributed by atoms with van der Waals surface area (Å²) in [5.41, 5.74) is 2.71. The van der Waals surface area contributed by atoms with Gasteiger partial charge in [0.2, 0.25) is 0 Å². The predicted octanol–water partition coefficient (Wildman–Crippen LogP) is 2.73. The molecule has 27 heavy (non-hydrogen) atoms. The third-order valence-electron chi connectivity index (χ3n) is 5.79. The maximum Gasteiger partial charge on any atom is 0.272 e. The van der Waals surface area contributed by atoms with E-state index in [0.717, 1.165) is 37.3 Å². The first kappa shape index (κ1) is 18.2. The van der Waals surface area contributed by atoms with Crippen molar-refractivity contribution in [2.75, 3.05) is 26.2 Å². The molecule has 1 atom stereocenters. The number of fused-ring (bicyclic) bond motifs is 1. The molecule has 4 rings (SSSR count). The van der Waals surface area contributed by atoms with Crippen LogP contribution in [0.15, 0.2) is 30.6 Å². The molecule has 0 unspecified atom stereocenters. The van der Waals surface area contributed by atoms with Gasteiger partial charge in [0.05, 0.1) is 12.2 Å². The molecule has 2 aliphatic heterocycles. The number of rotatable bonds is 4. The van der Waals surface area contributed by atoms with E-state index < -0.39 is 0 Å². The highest BCUT2D eigenvalue weighted by Crippen LogP contribution is 2.21. The Balaban J connectivity index is 1.47. The number of pyridine rings is 1. The number of piperidine rings is 1. The van der Waals surface area contributed by atoms with Crippen molar-refractivity contribution in [3.05, 3.63) is 47.5 Å². The first-order valence-electron chi connectivity index (χ1n) is 10.1. The molecule has 4 heterocycles. The van der Waals surface area contributed by atoms with Crippen molar-refractivity contribution >= 4 is 5.91 Å². The van der Waals surface area contributed by atoms with Crippen LogP contribution >= 0.6 is 0 Å². The van der Waals surface area contributed by atoms with Gasteiger partial charge in [0, 0.05) is 25.5 Å². The second-order valence-corrected chi connectivity index (χ2v) is 7.97.